The van der Waals surface area contributed by atoms with Gasteiger partial charge in [0.25, 0.3) is 0 Å². The second-order valence-corrected chi connectivity index (χ2v) is 6.42. The monoisotopic (exact) mass is 379 g/mol. The van der Waals surface area contributed by atoms with Crippen molar-refractivity contribution in [2.75, 3.05) is 12.1 Å². The number of carbonyl (C=O) groups excluding carboxylic acids is 1. The van der Waals surface area contributed by atoms with Gasteiger partial charge in [-0.2, -0.15) is 0 Å². The van der Waals surface area contributed by atoms with Gasteiger partial charge in [-0.15, -0.1) is 5.10 Å². The molecule has 0 atom stereocenters. The van der Waals surface area contributed by atoms with Crippen molar-refractivity contribution in [3.63, 3.8) is 0 Å². The number of anilines is 1. The number of imidazole rings is 1. The van der Waals surface area contributed by atoms with Gasteiger partial charge in [0, 0.05) is 18.3 Å². The summed E-state index contributed by atoms with van der Waals surface area (Å²) in [6, 6.07) is 12.7. The van der Waals surface area contributed by atoms with E-state index < -0.39 is 0 Å². The third kappa shape index (κ3) is 2.43. The lowest BCUT2D eigenvalue weighted by molar-refractivity contribution is -0.117. The zero-order chi connectivity index (χ0) is 19.3. The molecule has 5 rings (SSSR count). The molecule has 0 saturated heterocycles. The summed E-state index contributed by atoms with van der Waals surface area (Å²) in [5.74, 6) is 1.38. The number of hydrogen-bond donors (Lipinski definition) is 1. The van der Waals surface area contributed by atoms with Crippen molar-refractivity contribution < 1.29 is 14.3 Å². The number of amides is 1. The van der Waals surface area contributed by atoms with Gasteiger partial charge in [-0.05, 0) is 31.2 Å². The standard InChI is InChI=1S/C19H17N5O4/c1-2-22-13-5-3-4-6-14(13)24-18(22)21-23(19(24)26)10-17(25)20-12-7-8-15-16(9-12)28-11-27-15/h3-9H,2,10-11H2,1H3,(H,20,25). The molecule has 1 aliphatic heterocycles. The van der Waals surface area contributed by atoms with E-state index in [-0.39, 0.29) is 24.9 Å². The lowest BCUT2D eigenvalue weighted by Gasteiger charge is -2.06. The lowest BCUT2D eigenvalue weighted by Crippen LogP contribution is -2.28. The predicted molar refractivity (Wildman–Crippen MR) is 102 cm³/mol. The summed E-state index contributed by atoms with van der Waals surface area (Å²) in [5, 5.41) is 7.14. The molecule has 0 radical (unpaired) electrons. The molecule has 3 heterocycles. The fraction of sp³-hybridized carbons (Fsp3) is 0.211. The van der Waals surface area contributed by atoms with Gasteiger partial charge < -0.3 is 19.4 Å². The highest BCUT2D eigenvalue weighted by Crippen LogP contribution is 2.34. The second-order valence-electron chi connectivity index (χ2n) is 6.42. The van der Waals surface area contributed by atoms with Crippen LogP contribution in [0.4, 0.5) is 5.69 Å². The van der Waals surface area contributed by atoms with E-state index in [4.69, 9.17) is 9.47 Å². The van der Waals surface area contributed by atoms with Crippen LogP contribution in [0, 0.1) is 0 Å². The molecule has 142 valence electrons. The Bertz CT molecular complexity index is 1280. The molecule has 0 bridgehead atoms. The molecule has 0 spiro atoms. The minimum atomic E-state index is -0.353. The van der Waals surface area contributed by atoms with E-state index in [2.05, 4.69) is 10.4 Å². The maximum Gasteiger partial charge on any atom is 0.352 e. The average Bonchev–Trinajstić information content (AvgIpc) is 3.36. The maximum absolute atomic E-state index is 12.8. The molecule has 1 amide bonds. The molecule has 2 aromatic carbocycles. The topological polar surface area (TPSA) is 91.8 Å². The third-order valence-corrected chi connectivity index (χ3v) is 4.74. The number of nitrogens with zero attached hydrogens (tertiary/aromatic N) is 4. The smallest absolute Gasteiger partial charge is 0.352 e. The number of para-hydroxylation sites is 2. The van der Waals surface area contributed by atoms with Crippen molar-refractivity contribution in [3.05, 3.63) is 52.9 Å². The van der Waals surface area contributed by atoms with Crippen molar-refractivity contribution in [3.8, 4) is 11.5 Å². The first-order valence-electron chi connectivity index (χ1n) is 8.92. The number of fused-ring (bicyclic) bond motifs is 4. The molecule has 0 saturated carbocycles. The number of hydrogen-bond acceptors (Lipinski definition) is 5. The third-order valence-electron chi connectivity index (χ3n) is 4.74. The van der Waals surface area contributed by atoms with E-state index in [9.17, 15) is 9.59 Å². The summed E-state index contributed by atoms with van der Waals surface area (Å²) < 4.78 is 15.2. The molecule has 4 aromatic rings. The number of aryl methyl sites for hydroxylation is 1. The van der Waals surface area contributed by atoms with Crippen LogP contribution in [0.15, 0.2) is 47.3 Å². The molecule has 0 aliphatic carbocycles. The zero-order valence-corrected chi connectivity index (χ0v) is 15.1. The molecular formula is C19H17N5O4. The van der Waals surface area contributed by atoms with Crippen LogP contribution in [0.3, 0.4) is 0 Å². The number of nitrogens with one attached hydrogen (secondary N) is 1. The largest absolute Gasteiger partial charge is 0.454 e. The van der Waals surface area contributed by atoms with Gasteiger partial charge >= 0.3 is 5.69 Å². The van der Waals surface area contributed by atoms with E-state index in [1.807, 2.05) is 35.8 Å². The molecule has 2 aromatic heterocycles. The molecule has 1 N–H and O–H groups in total. The van der Waals surface area contributed by atoms with Gasteiger partial charge in [-0.25, -0.2) is 13.9 Å². The van der Waals surface area contributed by atoms with E-state index >= 15 is 0 Å². The molecule has 1 aliphatic rings. The Balaban J connectivity index is 1.46. The molecule has 0 fully saturated rings. The maximum atomic E-state index is 12.8. The van der Waals surface area contributed by atoms with Crippen LogP contribution < -0.4 is 20.5 Å². The fourth-order valence-corrected chi connectivity index (χ4v) is 3.50. The molecular weight excluding hydrogens is 362 g/mol. The highest BCUT2D eigenvalue weighted by molar-refractivity contribution is 5.91. The van der Waals surface area contributed by atoms with Crippen molar-refractivity contribution in [2.45, 2.75) is 20.0 Å². The minimum absolute atomic E-state index is 0.164. The van der Waals surface area contributed by atoms with Crippen LogP contribution in [-0.2, 0) is 17.9 Å². The lowest BCUT2D eigenvalue weighted by atomic mass is 10.3. The van der Waals surface area contributed by atoms with Crippen molar-refractivity contribution in [2.24, 2.45) is 0 Å². The highest BCUT2D eigenvalue weighted by Gasteiger charge is 2.19. The van der Waals surface area contributed by atoms with Crippen LogP contribution in [-0.4, -0.2) is 31.4 Å². The summed E-state index contributed by atoms with van der Waals surface area (Å²) in [5.41, 5.74) is 1.92. The average molecular weight is 379 g/mol. The Morgan fingerprint density at radius 3 is 2.75 bits per heavy atom. The van der Waals surface area contributed by atoms with Crippen molar-refractivity contribution >= 4 is 28.4 Å². The fourth-order valence-electron chi connectivity index (χ4n) is 3.50. The summed E-state index contributed by atoms with van der Waals surface area (Å²) >= 11 is 0. The molecule has 9 nitrogen and oxygen atoms in total. The Morgan fingerprint density at radius 1 is 1.14 bits per heavy atom. The predicted octanol–water partition coefficient (Wildman–Crippen LogP) is 1.84. The van der Waals surface area contributed by atoms with Crippen LogP contribution in [0.25, 0.3) is 16.8 Å². The van der Waals surface area contributed by atoms with Crippen LogP contribution in [0.1, 0.15) is 6.92 Å². The second kappa shape index (κ2) is 6.15. The first kappa shape index (κ1) is 16.4. The van der Waals surface area contributed by atoms with Crippen molar-refractivity contribution in [1.29, 1.82) is 0 Å². The SMILES string of the molecule is CCn1c2ccccc2n2c(=O)n(CC(=O)Nc3ccc4c(c3)OCO4)nc12. The normalized spacial score (nSPS) is 12.8. The van der Waals surface area contributed by atoms with Gasteiger partial charge in [0.15, 0.2) is 11.5 Å². The number of aromatic nitrogens is 4. The summed E-state index contributed by atoms with van der Waals surface area (Å²) in [6.45, 7) is 2.63. The highest BCUT2D eigenvalue weighted by atomic mass is 16.7. The first-order chi connectivity index (χ1) is 13.7. The molecule has 9 heteroatoms. The Hall–Kier alpha value is -3.75. The van der Waals surface area contributed by atoms with Gasteiger partial charge in [-0.3, -0.25) is 4.79 Å². The number of rotatable bonds is 4. The molecule has 28 heavy (non-hydrogen) atoms. The molecule has 0 unspecified atom stereocenters. The van der Waals surface area contributed by atoms with Gasteiger partial charge in [0.1, 0.15) is 6.54 Å². The first-order valence-corrected chi connectivity index (χ1v) is 8.92. The van der Waals surface area contributed by atoms with E-state index in [1.54, 1.807) is 18.2 Å². The summed E-state index contributed by atoms with van der Waals surface area (Å²) in [6.07, 6.45) is 0. The Kier molecular flexibility index (Phi) is 3.61. The van der Waals surface area contributed by atoms with Crippen LogP contribution >= 0.6 is 0 Å². The summed E-state index contributed by atoms with van der Waals surface area (Å²) in [7, 11) is 0. The number of benzene rings is 2. The van der Waals surface area contributed by atoms with E-state index in [0.717, 1.165) is 11.0 Å². The van der Waals surface area contributed by atoms with E-state index in [0.29, 0.717) is 29.5 Å². The summed E-state index contributed by atoms with van der Waals surface area (Å²) in [4.78, 5) is 25.3. The Labute approximate surface area is 158 Å². The van der Waals surface area contributed by atoms with Crippen LogP contribution in [0.5, 0.6) is 11.5 Å². The minimum Gasteiger partial charge on any atom is -0.454 e. The quantitative estimate of drug-likeness (QED) is 0.584. The van der Waals surface area contributed by atoms with Crippen LogP contribution in [0.2, 0.25) is 0 Å². The Morgan fingerprint density at radius 2 is 1.93 bits per heavy atom. The van der Waals surface area contributed by atoms with Gasteiger partial charge in [-0.1, -0.05) is 12.1 Å². The van der Waals surface area contributed by atoms with Gasteiger partial charge in [0.2, 0.25) is 18.5 Å². The number of carbonyl (C=O) groups is 1. The van der Waals surface area contributed by atoms with Crippen molar-refractivity contribution in [1.82, 2.24) is 18.7 Å². The van der Waals surface area contributed by atoms with E-state index in [1.165, 1.54) is 9.08 Å². The number of ether oxygens (including phenoxy) is 2. The van der Waals surface area contributed by atoms with Gasteiger partial charge in [0.05, 0.1) is 11.0 Å². The zero-order valence-electron chi connectivity index (χ0n) is 15.1.